The molecule has 4 N–H and O–H groups in total. The van der Waals surface area contributed by atoms with E-state index < -0.39 is 5.91 Å². The minimum Gasteiger partial charge on any atom is -0.395 e. The number of rotatable bonds is 7. The lowest BCUT2D eigenvalue weighted by atomic mass is 10.1. The highest BCUT2D eigenvalue weighted by molar-refractivity contribution is 7.10. The minimum absolute atomic E-state index is 0.00321. The van der Waals surface area contributed by atoms with Crippen molar-refractivity contribution >= 4 is 17.2 Å². The van der Waals surface area contributed by atoms with Crippen LogP contribution in [0.4, 0.5) is 0 Å². The fourth-order valence-corrected chi connectivity index (χ4v) is 2.77. The molecule has 1 amide bonds. The van der Waals surface area contributed by atoms with Gasteiger partial charge in [-0.15, -0.1) is 11.3 Å². The molecule has 106 valence electrons. The van der Waals surface area contributed by atoms with E-state index in [0.29, 0.717) is 12.1 Å². The van der Waals surface area contributed by atoms with Crippen molar-refractivity contribution in [1.82, 2.24) is 5.32 Å². The van der Waals surface area contributed by atoms with Gasteiger partial charge in [-0.25, -0.2) is 0 Å². The number of primary amides is 1. The molecule has 0 spiro atoms. The fraction of sp³-hybridized carbons (Fsp3) is 0.267. The molecule has 0 radical (unpaired) electrons. The summed E-state index contributed by atoms with van der Waals surface area (Å²) in [5.41, 5.74) is 6.94. The SMILES string of the molecule is NC(=O)c1csc(CNC(CO)Cc2ccccc2)c1. The van der Waals surface area contributed by atoms with E-state index in [4.69, 9.17) is 5.73 Å². The highest BCUT2D eigenvalue weighted by Gasteiger charge is 2.10. The Morgan fingerprint density at radius 2 is 2.10 bits per heavy atom. The van der Waals surface area contributed by atoms with Crippen LogP contribution < -0.4 is 11.1 Å². The minimum atomic E-state index is -0.407. The number of aliphatic hydroxyl groups excluding tert-OH is 1. The summed E-state index contributed by atoms with van der Waals surface area (Å²) in [5.74, 6) is -0.407. The Balaban J connectivity index is 1.88. The molecule has 0 saturated heterocycles. The zero-order chi connectivity index (χ0) is 14.4. The Kier molecular flexibility index (Phi) is 5.29. The Morgan fingerprint density at radius 3 is 2.70 bits per heavy atom. The van der Waals surface area contributed by atoms with Crippen LogP contribution in [0.25, 0.3) is 0 Å². The third kappa shape index (κ3) is 4.16. The highest BCUT2D eigenvalue weighted by Crippen LogP contribution is 2.14. The second kappa shape index (κ2) is 7.19. The van der Waals surface area contributed by atoms with E-state index in [1.807, 2.05) is 30.3 Å². The van der Waals surface area contributed by atoms with Crippen molar-refractivity contribution in [2.24, 2.45) is 5.73 Å². The van der Waals surface area contributed by atoms with Crippen molar-refractivity contribution in [3.63, 3.8) is 0 Å². The number of nitrogens with one attached hydrogen (secondary N) is 1. The highest BCUT2D eigenvalue weighted by atomic mass is 32.1. The van der Waals surface area contributed by atoms with Crippen LogP contribution >= 0.6 is 11.3 Å². The molecule has 1 aromatic heterocycles. The Bertz CT molecular complexity index is 554. The topological polar surface area (TPSA) is 75.4 Å². The summed E-state index contributed by atoms with van der Waals surface area (Å²) in [6.45, 7) is 0.693. The third-order valence-corrected chi connectivity index (χ3v) is 3.99. The molecule has 1 unspecified atom stereocenters. The number of hydrogen-bond donors (Lipinski definition) is 3. The number of aliphatic hydroxyl groups is 1. The third-order valence-electron chi connectivity index (χ3n) is 3.05. The molecule has 1 aromatic carbocycles. The summed E-state index contributed by atoms with van der Waals surface area (Å²) in [6.07, 6.45) is 0.769. The van der Waals surface area contributed by atoms with Crippen LogP contribution in [0.1, 0.15) is 20.8 Å². The molecule has 0 aliphatic carbocycles. The van der Waals surface area contributed by atoms with Crippen LogP contribution in [-0.2, 0) is 13.0 Å². The van der Waals surface area contributed by atoms with Crippen molar-refractivity contribution in [3.05, 3.63) is 57.8 Å². The Morgan fingerprint density at radius 1 is 1.35 bits per heavy atom. The van der Waals surface area contributed by atoms with Gasteiger partial charge < -0.3 is 16.2 Å². The zero-order valence-electron chi connectivity index (χ0n) is 11.1. The largest absolute Gasteiger partial charge is 0.395 e. The van der Waals surface area contributed by atoms with Crippen LogP contribution in [0, 0.1) is 0 Å². The van der Waals surface area contributed by atoms with Crippen molar-refractivity contribution in [2.75, 3.05) is 6.61 Å². The number of thiophene rings is 1. The average molecular weight is 290 g/mol. The number of hydrogen-bond acceptors (Lipinski definition) is 4. The molecular weight excluding hydrogens is 272 g/mol. The standard InChI is InChI=1S/C15H18N2O2S/c16-15(19)12-7-14(20-10-12)8-17-13(9-18)6-11-4-2-1-3-5-11/h1-5,7,10,13,17-18H,6,8-9H2,(H2,16,19). The Hall–Kier alpha value is -1.69. The normalized spacial score (nSPS) is 12.2. The number of nitrogens with two attached hydrogens (primary N) is 1. The molecular formula is C15H18N2O2S. The van der Waals surface area contributed by atoms with E-state index in [9.17, 15) is 9.90 Å². The molecule has 2 rings (SSSR count). The molecule has 1 heterocycles. The summed E-state index contributed by atoms with van der Waals surface area (Å²) in [5, 5.41) is 14.5. The second-order valence-corrected chi connectivity index (χ2v) is 5.61. The van der Waals surface area contributed by atoms with Gasteiger partial charge in [0.1, 0.15) is 0 Å². The van der Waals surface area contributed by atoms with Gasteiger partial charge in [-0.2, -0.15) is 0 Å². The van der Waals surface area contributed by atoms with E-state index in [0.717, 1.165) is 11.3 Å². The maximum absolute atomic E-state index is 11.0. The molecule has 0 aliphatic heterocycles. The average Bonchev–Trinajstić information content (AvgIpc) is 2.93. The number of benzene rings is 1. The van der Waals surface area contributed by atoms with Gasteiger partial charge >= 0.3 is 0 Å². The molecule has 0 bridgehead atoms. The summed E-state index contributed by atoms with van der Waals surface area (Å²) in [7, 11) is 0. The molecule has 0 fully saturated rings. The van der Waals surface area contributed by atoms with Crippen LogP contribution in [0.3, 0.4) is 0 Å². The van der Waals surface area contributed by atoms with Gasteiger partial charge in [-0.1, -0.05) is 30.3 Å². The first-order chi connectivity index (χ1) is 9.69. The first-order valence-corrected chi connectivity index (χ1v) is 7.32. The van der Waals surface area contributed by atoms with Crippen LogP contribution in [0.15, 0.2) is 41.8 Å². The van der Waals surface area contributed by atoms with Crippen molar-refractivity contribution in [2.45, 2.75) is 19.0 Å². The number of carbonyl (C=O) groups excluding carboxylic acids is 1. The molecule has 0 saturated carbocycles. The maximum Gasteiger partial charge on any atom is 0.249 e. The lowest BCUT2D eigenvalue weighted by Crippen LogP contribution is -2.33. The van der Waals surface area contributed by atoms with Crippen molar-refractivity contribution in [1.29, 1.82) is 0 Å². The predicted octanol–water partition coefficient (Wildman–Crippen LogP) is 1.54. The predicted molar refractivity (Wildman–Crippen MR) is 80.7 cm³/mol. The quantitative estimate of drug-likeness (QED) is 0.724. The van der Waals surface area contributed by atoms with Gasteiger partial charge in [0.15, 0.2) is 0 Å². The maximum atomic E-state index is 11.0. The lowest BCUT2D eigenvalue weighted by Gasteiger charge is -2.15. The van der Waals surface area contributed by atoms with Gasteiger partial charge in [0.25, 0.3) is 0 Å². The lowest BCUT2D eigenvalue weighted by molar-refractivity contribution is 0.100. The fourth-order valence-electron chi connectivity index (χ4n) is 1.95. The Labute approximate surface area is 122 Å². The molecule has 0 aliphatic rings. The van der Waals surface area contributed by atoms with Gasteiger partial charge in [0.05, 0.1) is 12.2 Å². The van der Waals surface area contributed by atoms with Crippen molar-refractivity contribution in [3.8, 4) is 0 Å². The zero-order valence-corrected chi connectivity index (χ0v) is 11.9. The van der Waals surface area contributed by atoms with Gasteiger partial charge in [0, 0.05) is 22.8 Å². The van der Waals surface area contributed by atoms with E-state index in [-0.39, 0.29) is 12.6 Å². The molecule has 20 heavy (non-hydrogen) atoms. The summed E-state index contributed by atoms with van der Waals surface area (Å²) >= 11 is 1.49. The van der Waals surface area contributed by atoms with Gasteiger partial charge in [0.2, 0.25) is 5.91 Å². The monoisotopic (exact) mass is 290 g/mol. The van der Waals surface area contributed by atoms with Crippen molar-refractivity contribution < 1.29 is 9.90 Å². The van der Waals surface area contributed by atoms with Crippen LogP contribution in [-0.4, -0.2) is 23.7 Å². The smallest absolute Gasteiger partial charge is 0.249 e. The van der Waals surface area contributed by atoms with E-state index >= 15 is 0 Å². The number of amides is 1. The summed E-state index contributed by atoms with van der Waals surface area (Å²) in [6, 6.07) is 11.8. The molecule has 2 aromatic rings. The van der Waals surface area contributed by atoms with Gasteiger partial charge in [-0.05, 0) is 18.1 Å². The van der Waals surface area contributed by atoms with E-state index in [1.165, 1.54) is 16.9 Å². The van der Waals surface area contributed by atoms with E-state index in [2.05, 4.69) is 5.32 Å². The first kappa shape index (κ1) is 14.7. The van der Waals surface area contributed by atoms with Crippen LogP contribution in [0.5, 0.6) is 0 Å². The number of carbonyl (C=O) groups is 1. The van der Waals surface area contributed by atoms with Crippen LogP contribution in [0.2, 0.25) is 0 Å². The summed E-state index contributed by atoms with van der Waals surface area (Å²) < 4.78 is 0. The van der Waals surface area contributed by atoms with E-state index in [1.54, 1.807) is 11.4 Å². The second-order valence-electron chi connectivity index (χ2n) is 4.62. The first-order valence-electron chi connectivity index (χ1n) is 6.44. The van der Waals surface area contributed by atoms with Gasteiger partial charge in [-0.3, -0.25) is 4.79 Å². The molecule has 5 heteroatoms. The molecule has 1 atom stereocenters. The summed E-state index contributed by atoms with van der Waals surface area (Å²) in [4.78, 5) is 12.1. The molecule has 4 nitrogen and oxygen atoms in total.